The molecule has 1 amide bonds. The van der Waals surface area contributed by atoms with Crippen LogP contribution in [0.15, 0.2) is 29.2 Å². The first-order valence-electron chi connectivity index (χ1n) is 7.41. The van der Waals surface area contributed by atoms with Crippen molar-refractivity contribution in [3.63, 3.8) is 0 Å². The Balaban J connectivity index is 2.52. The van der Waals surface area contributed by atoms with E-state index in [1.165, 1.54) is 31.4 Å². The molecule has 0 spiro atoms. The van der Waals surface area contributed by atoms with Crippen molar-refractivity contribution in [2.24, 2.45) is 0 Å². The number of methoxy groups -OCH3 is 1. The summed E-state index contributed by atoms with van der Waals surface area (Å²) in [5.41, 5.74) is 0. The number of ether oxygens (including phenoxy) is 1. The fourth-order valence-corrected chi connectivity index (χ4v) is 3.52. The van der Waals surface area contributed by atoms with Crippen molar-refractivity contribution in [3.05, 3.63) is 29.3 Å². The fourth-order valence-electron chi connectivity index (χ4n) is 1.89. The number of benzene rings is 1. The molecule has 1 aromatic rings. The first kappa shape index (κ1) is 21.8. The predicted octanol–water partition coefficient (Wildman–Crippen LogP) is 1.42. The van der Waals surface area contributed by atoms with Gasteiger partial charge in [-0.1, -0.05) is 11.6 Å². The van der Waals surface area contributed by atoms with Gasteiger partial charge in [-0.2, -0.15) is 11.8 Å². The van der Waals surface area contributed by atoms with E-state index in [4.69, 9.17) is 11.6 Å². The molecular weight excluding hydrogens is 388 g/mol. The van der Waals surface area contributed by atoms with Crippen LogP contribution in [0.1, 0.15) is 12.8 Å². The number of esters is 1. The Morgan fingerprint density at radius 2 is 1.92 bits per heavy atom. The molecule has 0 fully saturated rings. The van der Waals surface area contributed by atoms with Crippen molar-refractivity contribution in [1.82, 2.24) is 10.0 Å². The van der Waals surface area contributed by atoms with E-state index < -0.39 is 27.9 Å². The van der Waals surface area contributed by atoms with E-state index in [2.05, 4.69) is 14.8 Å². The summed E-state index contributed by atoms with van der Waals surface area (Å²) in [6.07, 6.45) is 2.23. The summed E-state index contributed by atoms with van der Waals surface area (Å²) >= 11 is 7.27. The molecule has 0 aliphatic heterocycles. The van der Waals surface area contributed by atoms with Crippen LogP contribution in [0.4, 0.5) is 0 Å². The number of thioether (sulfide) groups is 1. The molecule has 25 heavy (non-hydrogen) atoms. The maximum Gasteiger partial charge on any atom is 0.328 e. The van der Waals surface area contributed by atoms with Gasteiger partial charge in [0.25, 0.3) is 0 Å². The Bertz CT molecular complexity index is 680. The summed E-state index contributed by atoms with van der Waals surface area (Å²) in [6, 6.07) is 4.95. The molecule has 0 saturated heterocycles. The number of rotatable bonds is 10. The van der Waals surface area contributed by atoms with Gasteiger partial charge in [0.15, 0.2) is 0 Å². The van der Waals surface area contributed by atoms with Crippen LogP contribution in [0, 0.1) is 0 Å². The summed E-state index contributed by atoms with van der Waals surface area (Å²) in [4.78, 5) is 23.6. The molecule has 0 radical (unpaired) electrons. The lowest BCUT2D eigenvalue weighted by Crippen LogP contribution is -2.43. The van der Waals surface area contributed by atoms with Gasteiger partial charge < -0.3 is 10.1 Å². The van der Waals surface area contributed by atoms with Gasteiger partial charge in [0, 0.05) is 18.0 Å². The van der Waals surface area contributed by atoms with Crippen LogP contribution < -0.4 is 10.0 Å². The molecule has 1 rings (SSSR count). The van der Waals surface area contributed by atoms with E-state index in [0.29, 0.717) is 17.2 Å². The minimum absolute atomic E-state index is 0.0599. The van der Waals surface area contributed by atoms with Crippen molar-refractivity contribution >= 4 is 45.3 Å². The zero-order valence-electron chi connectivity index (χ0n) is 14.0. The largest absolute Gasteiger partial charge is 0.467 e. The lowest BCUT2D eigenvalue weighted by molar-refractivity contribution is -0.145. The van der Waals surface area contributed by atoms with Crippen molar-refractivity contribution in [1.29, 1.82) is 0 Å². The first-order valence-corrected chi connectivity index (χ1v) is 10.7. The Hall–Kier alpha value is -1.29. The molecule has 140 valence electrons. The van der Waals surface area contributed by atoms with Crippen LogP contribution in [0.3, 0.4) is 0 Å². The number of carbonyl (C=O) groups is 2. The van der Waals surface area contributed by atoms with Gasteiger partial charge in [-0.15, -0.1) is 0 Å². The van der Waals surface area contributed by atoms with E-state index in [1.54, 1.807) is 11.8 Å². The summed E-state index contributed by atoms with van der Waals surface area (Å²) in [7, 11) is -2.47. The smallest absolute Gasteiger partial charge is 0.328 e. The number of halogens is 1. The van der Waals surface area contributed by atoms with Gasteiger partial charge in [-0.3, -0.25) is 4.79 Å². The Labute approximate surface area is 156 Å². The number of hydrogen-bond acceptors (Lipinski definition) is 6. The number of carbonyl (C=O) groups excluding carboxylic acids is 2. The van der Waals surface area contributed by atoms with E-state index >= 15 is 0 Å². The van der Waals surface area contributed by atoms with E-state index in [0.717, 1.165) is 0 Å². The monoisotopic (exact) mass is 408 g/mol. The Morgan fingerprint density at radius 3 is 2.48 bits per heavy atom. The van der Waals surface area contributed by atoms with Crippen LogP contribution in [0.25, 0.3) is 0 Å². The third-order valence-corrected chi connectivity index (χ3v) is 5.57. The van der Waals surface area contributed by atoms with Crippen LogP contribution in [-0.4, -0.2) is 52.0 Å². The highest BCUT2D eigenvalue weighted by atomic mass is 35.5. The highest BCUT2D eigenvalue weighted by Crippen LogP contribution is 2.13. The molecule has 0 aliphatic rings. The molecule has 0 saturated carbocycles. The standard InChI is InChI=1S/C15H21ClN2O5S2/c1-23-15(20)13(8-10-24-2)18-14(19)7-9-17-25(21,22)12-5-3-11(16)4-6-12/h3-6,13,17H,7-10H2,1-2H3,(H,18,19)/t13-/m1/s1. The second kappa shape index (κ2) is 10.6. The van der Waals surface area contributed by atoms with E-state index in [-0.39, 0.29) is 17.9 Å². The fraction of sp³-hybridized carbons (Fsp3) is 0.467. The molecule has 0 aliphatic carbocycles. The zero-order chi connectivity index (χ0) is 18.9. The number of amides is 1. The highest BCUT2D eigenvalue weighted by Gasteiger charge is 2.21. The summed E-state index contributed by atoms with van der Waals surface area (Å²) < 4.78 is 31.1. The van der Waals surface area contributed by atoms with Crippen LogP contribution >= 0.6 is 23.4 Å². The van der Waals surface area contributed by atoms with Gasteiger partial charge in [0.1, 0.15) is 6.04 Å². The minimum atomic E-state index is -3.72. The van der Waals surface area contributed by atoms with Gasteiger partial charge in [0.05, 0.1) is 12.0 Å². The van der Waals surface area contributed by atoms with E-state index in [9.17, 15) is 18.0 Å². The van der Waals surface area contributed by atoms with Crippen LogP contribution in [0.5, 0.6) is 0 Å². The minimum Gasteiger partial charge on any atom is -0.467 e. The third kappa shape index (κ3) is 7.64. The SMILES string of the molecule is COC(=O)[C@@H](CCSC)NC(=O)CCNS(=O)(=O)c1ccc(Cl)cc1. The van der Waals surface area contributed by atoms with Gasteiger partial charge in [-0.25, -0.2) is 17.9 Å². The van der Waals surface area contributed by atoms with Crippen LogP contribution in [0.2, 0.25) is 5.02 Å². The molecule has 0 unspecified atom stereocenters. The van der Waals surface area contributed by atoms with Crippen molar-refractivity contribution < 1.29 is 22.7 Å². The Morgan fingerprint density at radius 1 is 1.28 bits per heavy atom. The topological polar surface area (TPSA) is 102 Å². The normalized spacial score (nSPS) is 12.4. The quantitative estimate of drug-likeness (QED) is 0.568. The molecule has 1 aromatic carbocycles. The van der Waals surface area contributed by atoms with Crippen molar-refractivity contribution in [2.75, 3.05) is 25.7 Å². The maximum atomic E-state index is 12.1. The lowest BCUT2D eigenvalue weighted by Gasteiger charge is -2.16. The molecule has 0 heterocycles. The lowest BCUT2D eigenvalue weighted by atomic mass is 10.2. The van der Waals surface area contributed by atoms with Crippen molar-refractivity contribution in [3.8, 4) is 0 Å². The summed E-state index contributed by atoms with van der Waals surface area (Å²) in [5, 5.41) is 2.99. The summed E-state index contributed by atoms with van der Waals surface area (Å²) in [6.45, 7) is -0.0901. The number of hydrogen-bond donors (Lipinski definition) is 2. The average molecular weight is 409 g/mol. The second-order valence-corrected chi connectivity index (χ2v) is 8.22. The second-order valence-electron chi connectivity index (χ2n) is 5.03. The number of nitrogens with one attached hydrogen (secondary N) is 2. The summed E-state index contributed by atoms with van der Waals surface area (Å²) in [5.74, 6) is -0.275. The maximum absolute atomic E-state index is 12.1. The average Bonchev–Trinajstić information content (AvgIpc) is 2.58. The van der Waals surface area contributed by atoms with Gasteiger partial charge >= 0.3 is 5.97 Å². The first-order chi connectivity index (χ1) is 11.8. The molecule has 10 heteroatoms. The molecular formula is C15H21ClN2O5S2. The molecule has 0 bridgehead atoms. The Kier molecular flexibility index (Phi) is 9.26. The van der Waals surface area contributed by atoms with Gasteiger partial charge in [-0.05, 0) is 42.7 Å². The molecule has 1 atom stereocenters. The predicted molar refractivity (Wildman–Crippen MR) is 98.2 cm³/mol. The molecule has 0 aromatic heterocycles. The third-order valence-electron chi connectivity index (χ3n) is 3.20. The van der Waals surface area contributed by atoms with Crippen LogP contribution in [-0.2, 0) is 24.3 Å². The van der Waals surface area contributed by atoms with E-state index in [1.807, 2.05) is 6.26 Å². The zero-order valence-corrected chi connectivity index (χ0v) is 16.3. The van der Waals surface area contributed by atoms with Gasteiger partial charge in [0.2, 0.25) is 15.9 Å². The molecule has 2 N–H and O–H groups in total. The van der Waals surface area contributed by atoms with Crippen molar-refractivity contribution in [2.45, 2.75) is 23.8 Å². The highest BCUT2D eigenvalue weighted by molar-refractivity contribution is 7.98. The molecule has 7 nitrogen and oxygen atoms in total. The number of sulfonamides is 1.